The third kappa shape index (κ3) is 3.43. The molecule has 1 saturated heterocycles. The second-order valence-electron chi connectivity index (χ2n) is 6.79. The minimum absolute atomic E-state index is 0.0226. The summed E-state index contributed by atoms with van der Waals surface area (Å²) in [6.07, 6.45) is 8.05. The number of aromatic nitrogens is 2. The number of hydrogen-bond acceptors (Lipinski definition) is 3. The molecule has 1 aliphatic heterocycles. The molecule has 1 aromatic rings. The number of fused-ring (bicyclic) bond motifs is 1. The van der Waals surface area contributed by atoms with Gasteiger partial charge < -0.3 is 9.80 Å². The smallest absolute Gasteiger partial charge is 0.321 e. The third-order valence-electron chi connectivity index (χ3n) is 4.91. The molecular weight excluding hydrogens is 278 g/mol. The highest BCUT2D eigenvalue weighted by molar-refractivity contribution is 5.88. The maximum absolute atomic E-state index is 12.5. The van der Waals surface area contributed by atoms with E-state index in [9.17, 15) is 4.79 Å². The van der Waals surface area contributed by atoms with Crippen LogP contribution in [0.4, 0.5) is 10.6 Å². The molecule has 1 aromatic heterocycles. The predicted molar refractivity (Wildman–Crippen MR) is 86.9 cm³/mol. The second kappa shape index (κ2) is 6.69. The van der Waals surface area contributed by atoms with Crippen molar-refractivity contribution in [2.45, 2.75) is 44.7 Å². The summed E-state index contributed by atoms with van der Waals surface area (Å²) in [5.41, 5.74) is 0. The summed E-state index contributed by atoms with van der Waals surface area (Å²) in [4.78, 5) is 16.7. The van der Waals surface area contributed by atoms with Gasteiger partial charge in [-0.1, -0.05) is 6.42 Å². The van der Waals surface area contributed by atoms with Gasteiger partial charge in [0.15, 0.2) is 5.82 Å². The van der Waals surface area contributed by atoms with E-state index >= 15 is 0 Å². The summed E-state index contributed by atoms with van der Waals surface area (Å²) in [5, 5.41) is 7.41. The van der Waals surface area contributed by atoms with Gasteiger partial charge in [-0.3, -0.25) is 10.00 Å². The first-order valence-electron chi connectivity index (χ1n) is 8.39. The van der Waals surface area contributed by atoms with Gasteiger partial charge in [0, 0.05) is 31.4 Å². The number of likely N-dealkylation sites (N-methyl/N-ethyl adjacent to an activating group) is 1. The first-order chi connectivity index (χ1) is 10.6. The van der Waals surface area contributed by atoms with Crippen molar-refractivity contribution in [1.29, 1.82) is 0 Å². The predicted octanol–water partition coefficient (Wildman–Crippen LogP) is 2.24. The van der Waals surface area contributed by atoms with E-state index in [0.717, 1.165) is 38.4 Å². The number of carbonyl (C=O) groups is 1. The molecule has 0 radical (unpaired) electrons. The van der Waals surface area contributed by atoms with Gasteiger partial charge in [0.25, 0.3) is 0 Å². The van der Waals surface area contributed by atoms with Gasteiger partial charge in [0.1, 0.15) is 0 Å². The molecule has 1 saturated carbocycles. The van der Waals surface area contributed by atoms with Crippen LogP contribution in [0, 0.1) is 5.92 Å². The quantitative estimate of drug-likeness (QED) is 0.928. The van der Waals surface area contributed by atoms with Gasteiger partial charge in [0.2, 0.25) is 0 Å². The van der Waals surface area contributed by atoms with Gasteiger partial charge in [0.05, 0.1) is 6.54 Å². The van der Waals surface area contributed by atoms with E-state index in [2.05, 4.69) is 15.3 Å². The number of nitrogens with zero attached hydrogens (tertiary/aromatic N) is 4. The molecule has 2 atom stereocenters. The Kier molecular flexibility index (Phi) is 4.66. The topological polar surface area (TPSA) is 53.4 Å². The van der Waals surface area contributed by atoms with E-state index in [1.807, 2.05) is 35.9 Å². The molecule has 0 bridgehead atoms. The monoisotopic (exact) mass is 305 g/mol. The number of nitrogens with one attached hydrogen (secondary N) is 1. The van der Waals surface area contributed by atoms with Crippen LogP contribution in [0.15, 0.2) is 12.3 Å². The number of anilines is 1. The summed E-state index contributed by atoms with van der Waals surface area (Å²) in [7, 11) is 4.08. The Morgan fingerprint density at radius 1 is 1.36 bits per heavy atom. The van der Waals surface area contributed by atoms with Crippen molar-refractivity contribution in [3.05, 3.63) is 12.3 Å². The van der Waals surface area contributed by atoms with Crippen molar-refractivity contribution in [3.63, 3.8) is 0 Å². The van der Waals surface area contributed by atoms with Crippen molar-refractivity contribution < 1.29 is 4.79 Å². The molecule has 3 rings (SSSR count). The lowest BCUT2D eigenvalue weighted by Crippen LogP contribution is -2.48. The highest BCUT2D eigenvalue weighted by Crippen LogP contribution is 2.36. The molecule has 1 N–H and O–H groups in total. The Morgan fingerprint density at radius 3 is 3.00 bits per heavy atom. The van der Waals surface area contributed by atoms with Crippen LogP contribution in [0.25, 0.3) is 0 Å². The van der Waals surface area contributed by atoms with E-state index in [-0.39, 0.29) is 6.03 Å². The maximum Gasteiger partial charge on any atom is 0.323 e. The zero-order chi connectivity index (χ0) is 15.5. The second-order valence-corrected chi connectivity index (χ2v) is 6.79. The normalized spacial score (nSPS) is 24.6. The summed E-state index contributed by atoms with van der Waals surface area (Å²) < 4.78 is 1.88. The fraction of sp³-hybridized carbons (Fsp3) is 0.750. The van der Waals surface area contributed by atoms with Gasteiger partial charge in [-0.2, -0.15) is 5.10 Å². The van der Waals surface area contributed by atoms with E-state index in [1.54, 1.807) is 0 Å². The van der Waals surface area contributed by atoms with Crippen molar-refractivity contribution in [3.8, 4) is 0 Å². The van der Waals surface area contributed by atoms with Crippen LogP contribution in [0.5, 0.6) is 0 Å². The molecule has 22 heavy (non-hydrogen) atoms. The first-order valence-corrected chi connectivity index (χ1v) is 8.39. The molecule has 0 aromatic carbocycles. The van der Waals surface area contributed by atoms with E-state index in [4.69, 9.17) is 0 Å². The standard InChI is InChI=1S/C16H27N5O/c1-19(2)11-12-20-10-8-15(18-20)17-16(22)21-9-4-6-13-5-3-7-14(13)21/h8,10,13-14H,3-7,9,11-12H2,1-2H3,(H,17,18,22)/t13-,14-/m0/s1. The SMILES string of the molecule is CN(C)CCn1ccc(NC(=O)N2CCC[C@@H]3CCC[C@@H]32)n1. The summed E-state index contributed by atoms with van der Waals surface area (Å²) in [5.74, 6) is 1.38. The summed E-state index contributed by atoms with van der Waals surface area (Å²) >= 11 is 0. The number of likely N-dealkylation sites (tertiary alicyclic amines) is 1. The zero-order valence-corrected chi connectivity index (χ0v) is 13.7. The number of carbonyl (C=O) groups excluding carboxylic acids is 1. The van der Waals surface area contributed by atoms with Crippen LogP contribution < -0.4 is 5.32 Å². The molecular formula is C16H27N5O. The lowest BCUT2D eigenvalue weighted by molar-refractivity contribution is 0.138. The van der Waals surface area contributed by atoms with Gasteiger partial charge in [-0.15, -0.1) is 0 Å². The van der Waals surface area contributed by atoms with Crippen LogP contribution in [0.1, 0.15) is 32.1 Å². The Labute approximate surface area is 132 Å². The Bertz CT molecular complexity index is 512. The third-order valence-corrected chi connectivity index (χ3v) is 4.91. The molecule has 2 heterocycles. The number of amides is 2. The maximum atomic E-state index is 12.5. The largest absolute Gasteiger partial charge is 0.323 e. The highest BCUT2D eigenvalue weighted by Gasteiger charge is 2.37. The molecule has 1 aliphatic carbocycles. The fourth-order valence-corrected chi connectivity index (χ4v) is 3.74. The minimum atomic E-state index is 0.0226. The lowest BCUT2D eigenvalue weighted by atomic mass is 9.92. The summed E-state index contributed by atoms with van der Waals surface area (Å²) in [6.45, 7) is 2.65. The van der Waals surface area contributed by atoms with Crippen molar-refractivity contribution in [1.82, 2.24) is 19.6 Å². The van der Waals surface area contributed by atoms with Crippen molar-refractivity contribution >= 4 is 11.8 Å². The molecule has 2 fully saturated rings. The Hall–Kier alpha value is -1.56. The van der Waals surface area contributed by atoms with E-state index < -0.39 is 0 Å². The number of urea groups is 1. The van der Waals surface area contributed by atoms with Gasteiger partial charge >= 0.3 is 6.03 Å². The van der Waals surface area contributed by atoms with E-state index in [1.165, 1.54) is 19.3 Å². The Balaban J connectivity index is 1.57. The molecule has 0 spiro atoms. The van der Waals surface area contributed by atoms with Crippen LogP contribution in [-0.2, 0) is 6.54 Å². The van der Waals surface area contributed by atoms with Crippen LogP contribution in [-0.4, -0.2) is 58.8 Å². The molecule has 122 valence electrons. The average molecular weight is 305 g/mol. The number of rotatable bonds is 4. The molecule has 0 unspecified atom stereocenters. The van der Waals surface area contributed by atoms with Crippen molar-refractivity contribution in [2.24, 2.45) is 5.92 Å². The fourth-order valence-electron chi connectivity index (χ4n) is 3.74. The van der Waals surface area contributed by atoms with Crippen LogP contribution in [0.3, 0.4) is 0 Å². The van der Waals surface area contributed by atoms with Gasteiger partial charge in [-0.05, 0) is 45.7 Å². The molecule has 6 nitrogen and oxygen atoms in total. The molecule has 6 heteroatoms. The van der Waals surface area contributed by atoms with Crippen LogP contribution in [0.2, 0.25) is 0 Å². The summed E-state index contributed by atoms with van der Waals surface area (Å²) in [6, 6.07) is 2.35. The lowest BCUT2D eigenvalue weighted by Gasteiger charge is -2.37. The minimum Gasteiger partial charge on any atom is -0.321 e. The molecule has 2 aliphatic rings. The highest BCUT2D eigenvalue weighted by atomic mass is 16.2. The van der Waals surface area contributed by atoms with Crippen molar-refractivity contribution in [2.75, 3.05) is 32.5 Å². The zero-order valence-electron chi connectivity index (χ0n) is 13.7. The Morgan fingerprint density at radius 2 is 2.18 bits per heavy atom. The molecule has 2 amide bonds. The first kappa shape index (κ1) is 15.3. The number of piperidine rings is 1. The van der Waals surface area contributed by atoms with E-state index in [0.29, 0.717) is 11.9 Å². The van der Waals surface area contributed by atoms with Crippen LogP contribution >= 0.6 is 0 Å². The average Bonchev–Trinajstić information content (AvgIpc) is 3.13. The van der Waals surface area contributed by atoms with Gasteiger partial charge in [-0.25, -0.2) is 4.79 Å². The number of hydrogen-bond donors (Lipinski definition) is 1.